The molecule has 0 N–H and O–H groups in total. The Morgan fingerprint density at radius 2 is 1.97 bits per heavy atom. The molecule has 5 rings (SSSR count). The fourth-order valence-electron chi connectivity index (χ4n) is 4.36. The van der Waals surface area contributed by atoms with E-state index >= 15 is 0 Å². The second-order valence-electron chi connectivity index (χ2n) is 9.03. The first-order valence-electron chi connectivity index (χ1n) is 12.1. The highest BCUT2D eigenvalue weighted by Gasteiger charge is 2.19. The highest BCUT2D eigenvalue weighted by atomic mass is 16.5. The van der Waals surface area contributed by atoms with Gasteiger partial charge in [0.15, 0.2) is 0 Å². The number of fused-ring (bicyclic) bond motifs is 1. The molecule has 1 fully saturated rings. The van der Waals surface area contributed by atoms with Crippen LogP contribution < -0.4 is 4.74 Å². The van der Waals surface area contributed by atoms with Crippen LogP contribution in [0.15, 0.2) is 79.5 Å². The number of benzene rings is 2. The van der Waals surface area contributed by atoms with Gasteiger partial charge in [0.2, 0.25) is 5.88 Å². The minimum absolute atomic E-state index is 0. The summed E-state index contributed by atoms with van der Waals surface area (Å²) in [5, 5.41) is 13.8. The number of rotatable bonds is 7. The van der Waals surface area contributed by atoms with Crippen LogP contribution in [0.3, 0.4) is 0 Å². The van der Waals surface area contributed by atoms with Crippen molar-refractivity contribution in [1.29, 1.82) is 5.26 Å². The first kappa shape index (κ1) is 23.5. The molecule has 4 aromatic rings. The Bertz CT molecular complexity index is 1440. The summed E-state index contributed by atoms with van der Waals surface area (Å²) < 4.78 is 14.3. The standard InChI is InChI=1S/C30H28N4O2.H2/c1-3-22-5-7-24(8-6-22)20-36-30-27(25-11-9-23(17-31)10-12-25)16-29-28(33-30)18-32-34(29)19-26-13-4-21(2)14-15-35-26;/h3,5-12,16,18,26H,1-2,4,13-15,19-20H2;1H/t26-;/m1./s1. The maximum absolute atomic E-state index is 9.22. The zero-order chi connectivity index (χ0) is 24.9. The van der Waals surface area contributed by atoms with Gasteiger partial charge < -0.3 is 9.47 Å². The molecule has 0 bridgehead atoms. The molecule has 0 spiro atoms. The first-order chi connectivity index (χ1) is 17.6. The van der Waals surface area contributed by atoms with E-state index in [9.17, 15) is 5.26 Å². The SMILES string of the molecule is C=Cc1ccc(COc2nc3cnn(C[C@H]4CCC(=C)CCO4)c3cc2-c2ccc(C#N)cc2)cc1.[HH]. The highest BCUT2D eigenvalue weighted by Crippen LogP contribution is 2.33. The number of ether oxygens (including phenoxy) is 2. The Labute approximate surface area is 212 Å². The van der Waals surface area contributed by atoms with Crippen molar-refractivity contribution in [3.05, 3.63) is 96.2 Å². The minimum atomic E-state index is 0. The van der Waals surface area contributed by atoms with Crippen molar-refractivity contribution in [2.45, 2.75) is 38.5 Å². The van der Waals surface area contributed by atoms with Gasteiger partial charge in [0, 0.05) is 6.99 Å². The second-order valence-corrected chi connectivity index (χ2v) is 9.03. The van der Waals surface area contributed by atoms with Crippen LogP contribution in [-0.4, -0.2) is 27.5 Å². The Kier molecular flexibility index (Phi) is 6.92. The van der Waals surface area contributed by atoms with Gasteiger partial charge in [0.25, 0.3) is 0 Å². The van der Waals surface area contributed by atoms with Gasteiger partial charge in [-0.25, -0.2) is 4.98 Å². The van der Waals surface area contributed by atoms with Crippen LogP contribution in [0.4, 0.5) is 0 Å². The van der Waals surface area contributed by atoms with Gasteiger partial charge in [0.1, 0.15) is 12.1 Å². The van der Waals surface area contributed by atoms with Crippen LogP contribution in [-0.2, 0) is 17.9 Å². The summed E-state index contributed by atoms with van der Waals surface area (Å²) in [5.74, 6) is 0.529. The van der Waals surface area contributed by atoms with E-state index in [0.29, 0.717) is 31.2 Å². The lowest BCUT2D eigenvalue weighted by Crippen LogP contribution is -2.20. The topological polar surface area (TPSA) is 73.0 Å². The van der Waals surface area contributed by atoms with Gasteiger partial charge >= 0.3 is 0 Å². The molecule has 0 amide bonds. The average Bonchev–Trinajstić information content (AvgIpc) is 3.19. The lowest BCUT2D eigenvalue weighted by atomic mass is 10.0. The summed E-state index contributed by atoms with van der Waals surface area (Å²) in [6, 6.07) is 19.8. The minimum Gasteiger partial charge on any atom is -0.472 e. The van der Waals surface area contributed by atoms with Gasteiger partial charge in [0.05, 0.1) is 42.6 Å². The molecule has 182 valence electrons. The molecule has 6 heteroatoms. The summed E-state index contributed by atoms with van der Waals surface area (Å²) >= 11 is 0. The summed E-state index contributed by atoms with van der Waals surface area (Å²) in [4.78, 5) is 4.85. The molecule has 1 aliphatic rings. The quantitative estimate of drug-likeness (QED) is 0.281. The molecular weight excluding hydrogens is 448 g/mol. The second kappa shape index (κ2) is 10.6. The van der Waals surface area contributed by atoms with Crippen LogP contribution >= 0.6 is 0 Å². The van der Waals surface area contributed by atoms with Crippen LogP contribution in [0.5, 0.6) is 5.88 Å². The van der Waals surface area contributed by atoms with E-state index in [0.717, 1.165) is 52.5 Å². The Morgan fingerprint density at radius 1 is 1.17 bits per heavy atom. The Hall–Kier alpha value is -4.21. The van der Waals surface area contributed by atoms with Crippen molar-refractivity contribution in [3.63, 3.8) is 0 Å². The molecule has 0 saturated carbocycles. The molecule has 0 aliphatic carbocycles. The third-order valence-corrected chi connectivity index (χ3v) is 6.51. The number of aromatic nitrogens is 3. The first-order valence-corrected chi connectivity index (χ1v) is 12.1. The number of nitriles is 1. The molecule has 1 atom stereocenters. The average molecular weight is 479 g/mol. The molecule has 0 unspecified atom stereocenters. The van der Waals surface area contributed by atoms with Crippen molar-refractivity contribution in [2.75, 3.05) is 6.61 Å². The van der Waals surface area contributed by atoms with E-state index in [4.69, 9.17) is 14.5 Å². The maximum Gasteiger partial charge on any atom is 0.222 e. The van der Waals surface area contributed by atoms with Crippen molar-refractivity contribution < 1.29 is 10.9 Å². The zero-order valence-electron chi connectivity index (χ0n) is 20.2. The Morgan fingerprint density at radius 3 is 2.72 bits per heavy atom. The molecule has 36 heavy (non-hydrogen) atoms. The van der Waals surface area contributed by atoms with Crippen molar-refractivity contribution in [1.82, 2.24) is 14.8 Å². The van der Waals surface area contributed by atoms with Crippen molar-refractivity contribution in [3.8, 4) is 23.1 Å². The molecular formula is C30H30N4O2. The normalized spacial score (nSPS) is 15.9. The van der Waals surface area contributed by atoms with Crippen molar-refractivity contribution in [2.24, 2.45) is 0 Å². The molecule has 1 aliphatic heterocycles. The van der Waals surface area contributed by atoms with Gasteiger partial charge in [-0.3, -0.25) is 4.68 Å². The van der Waals surface area contributed by atoms with Gasteiger partial charge in [-0.1, -0.05) is 61.2 Å². The van der Waals surface area contributed by atoms with Crippen LogP contribution in [0.1, 0.15) is 37.4 Å². The highest BCUT2D eigenvalue weighted by molar-refractivity contribution is 5.83. The molecule has 3 heterocycles. The monoisotopic (exact) mass is 478 g/mol. The molecule has 1 saturated heterocycles. The smallest absolute Gasteiger partial charge is 0.222 e. The van der Waals surface area contributed by atoms with Crippen LogP contribution in [0, 0.1) is 11.3 Å². The molecule has 6 nitrogen and oxygen atoms in total. The number of hydrogen-bond acceptors (Lipinski definition) is 5. The summed E-state index contributed by atoms with van der Waals surface area (Å²) in [5.41, 5.74) is 7.41. The summed E-state index contributed by atoms with van der Waals surface area (Å²) in [7, 11) is 0. The number of hydrogen-bond donors (Lipinski definition) is 0. The third-order valence-electron chi connectivity index (χ3n) is 6.51. The predicted octanol–water partition coefficient (Wildman–Crippen LogP) is 6.56. The van der Waals surface area contributed by atoms with Gasteiger partial charge in [-0.2, -0.15) is 10.4 Å². The number of nitrogens with zero attached hydrogens (tertiary/aromatic N) is 4. The van der Waals surface area contributed by atoms with E-state index in [1.807, 2.05) is 47.2 Å². The van der Waals surface area contributed by atoms with Crippen molar-refractivity contribution >= 4 is 17.1 Å². The van der Waals surface area contributed by atoms with Gasteiger partial charge in [-0.15, -0.1) is 0 Å². The van der Waals surface area contributed by atoms with E-state index in [1.165, 1.54) is 5.57 Å². The van der Waals surface area contributed by atoms with Crippen LogP contribution in [0.25, 0.3) is 28.2 Å². The predicted molar refractivity (Wildman–Crippen MR) is 143 cm³/mol. The lowest BCUT2D eigenvalue weighted by molar-refractivity contribution is 0.0457. The van der Waals surface area contributed by atoms with E-state index in [2.05, 4.69) is 30.4 Å². The molecule has 2 aromatic heterocycles. The third kappa shape index (κ3) is 5.22. The van der Waals surface area contributed by atoms with E-state index in [-0.39, 0.29) is 7.53 Å². The lowest BCUT2D eigenvalue weighted by Gasteiger charge is -2.16. The van der Waals surface area contributed by atoms with E-state index in [1.54, 1.807) is 18.3 Å². The summed E-state index contributed by atoms with van der Waals surface area (Å²) in [6.07, 6.45) is 6.50. The van der Waals surface area contributed by atoms with Crippen LogP contribution in [0.2, 0.25) is 0 Å². The molecule has 2 aromatic carbocycles. The number of pyridine rings is 1. The zero-order valence-corrected chi connectivity index (χ0v) is 20.2. The maximum atomic E-state index is 9.22. The summed E-state index contributed by atoms with van der Waals surface area (Å²) in [6.45, 7) is 9.66. The largest absolute Gasteiger partial charge is 0.472 e. The fourth-order valence-corrected chi connectivity index (χ4v) is 4.36. The Balaban J connectivity index is 0.00000320. The molecule has 0 radical (unpaired) electrons. The van der Waals surface area contributed by atoms with E-state index < -0.39 is 0 Å². The van der Waals surface area contributed by atoms with Gasteiger partial charge in [-0.05, 0) is 54.2 Å². The fraction of sp³-hybridized carbons (Fsp3) is 0.233.